The van der Waals surface area contributed by atoms with Crippen molar-refractivity contribution < 1.29 is 0 Å². The summed E-state index contributed by atoms with van der Waals surface area (Å²) in [5.74, 6) is 0. The molecule has 1 aromatic carbocycles. The van der Waals surface area contributed by atoms with Crippen LogP contribution in [0.1, 0.15) is 18.4 Å². The number of nitrogens with two attached hydrogens (primary N) is 1. The molecular weight excluding hydrogens is 172 g/mol. The van der Waals surface area contributed by atoms with E-state index in [1.54, 1.807) is 0 Å². The van der Waals surface area contributed by atoms with Gasteiger partial charge in [-0.05, 0) is 43.9 Å². The second-order valence-electron chi connectivity index (χ2n) is 4.42. The Hall–Kier alpha value is -1.02. The molecule has 1 aliphatic rings. The number of benzene rings is 1. The maximum Gasteiger partial charge on any atom is 0.0340 e. The first-order valence-corrected chi connectivity index (χ1v) is 5.25. The molecule has 1 aliphatic carbocycles. The van der Waals surface area contributed by atoms with E-state index in [1.165, 1.54) is 24.1 Å². The van der Waals surface area contributed by atoms with Crippen molar-refractivity contribution in [2.45, 2.75) is 19.8 Å². The van der Waals surface area contributed by atoms with E-state index >= 15 is 0 Å². The summed E-state index contributed by atoms with van der Waals surface area (Å²) in [6.45, 7) is 3.93. The van der Waals surface area contributed by atoms with Gasteiger partial charge in [0.15, 0.2) is 0 Å². The summed E-state index contributed by atoms with van der Waals surface area (Å²) in [7, 11) is 0. The Morgan fingerprint density at radius 1 is 1.29 bits per heavy atom. The van der Waals surface area contributed by atoms with Crippen molar-refractivity contribution in [3.8, 4) is 0 Å². The van der Waals surface area contributed by atoms with Crippen molar-refractivity contribution >= 4 is 5.69 Å². The SMILES string of the molecule is Cc1ccc(NCC2(CN)CC2)cc1. The van der Waals surface area contributed by atoms with Crippen LogP contribution in [0.5, 0.6) is 0 Å². The first kappa shape index (κ1) is 9.53. The molecule has 2 nitrogen and oxygen atoms in total. The van der Waals surface area contributed by atoms with E-state index in [0.29, 0.717) is 5.41 Å². The first-order valence-electron chi connectivity index (χ1n) is 5.25. The minimum atomic E-state index is 0.408. The number of hydrogen-bond donors (Lipinski definition) is 2. The van der Waals surface area contributed by atoms with Crippen LogP contribution in [0.4, 0.5) is 5.69 Å². The molecule has 0 spiro atoms. The van der Waals surface area contributed by atoms with E-state index in [0.717, 1.165) is 13.1 Å². The van der Waals surface area contributed by atoms with Gasteiger partial charge in [-0.2, -0.15) is 0 Å². The summed E-state index contributed by atoms with van der Waals surface area (Å²) in [6.07, 6.45) is 2.56. The van der Waals surface area contributed by atoms with Gasteiger partial charge in [0, 0.05) is 12.2 Å². The Labute approximate surface area is 85.5 Å². The summed E-state index contributed by atoms with van der Waals surface area (Å²) in [5.41, 5.74) is 8.63. The van der Waals surface area contributed by atoms with Crippen LogP contribution >= 0.6 is 0 Å². The van der Waals surface area contributed by atoms with Gasteiger partial charge in [0.05, 0.1) is 0 Å². The molecule has 14 heavy (non-hydrogen) atoms. The average Bonchev–Trinajstić information content (AvgIpc) is 2.98. The fraction of sp³-hybridized carbons (Fsp3) is 0.500. The van der Waals surface area contributed by atoms with E-state index in [2.05, 4.69) is 36.5 Å². The van der Waals surface area contributed by atoms with Gasteiger partial charge in [0.25, 0.3) is 0 Å². The predicted octanol–water partition coefficient (Wildman–Crippen LogP) is 2.15. The quantitative estimate of drug-likeness (QED) is 0.763. The van der Waals surface area contributed by atoms with Crippen LogP contribution in [0.2, 0.25) is 0 Å². The van der Waals surface area contributed by atoms with E-state index in [-0.39, 0.29) is 0 Å². The molecule has 2 rings (SSSR count). The molecule has 0 unspecified atom stereocenters. The van der Waals surface area contributed by atoms with Gasteiger partial charge < -0.3 is 11.1 Å². The van der Waals surface area contributed by atoms with Gasteiger partial charge in [0.1, 0.15) is 0 Å². The van der Waals surface area contributed by atoms with Gasteiger partial charge >= 0.3 is 0 Å². The topological polar surface area (TPSA) is 38.0 Å². The van der Waals surface area contributed by atoms with Gasteiger partial charge in [0.2, 0.25) is 0 Å². The molecule has 76 valence electrons. The summed E-state index contributed by atoms with van der Waals surface area (Å²) in [4.78, 5) is 0. The average molecular weight is 190 g/mol. The Kier molecular flexibility index (Phi) is 2.46. The maximum absolute atomic E-state index is 5.72. The lowest BCUT2D eigenvalue weighted by Gasteiger charge is -2.14. The van der Waals surface area contributed by atoms with E-state index in [1.807, 2.05) is 0 Å². The number of anilines is 1. The van der Waals surface area contributed by atoms with Gasteiger partial charge in [-0.3, -0.25) is 0 Å². The van der Waals surface area contributed by atoms with Crippen LogP contribution in [0.3, 0.4) is 0 Å². The van der Waals surface area contributed by atoms with E-state index in [9.17, 15) is 0 Å². The van der Waals surface area contributed by atoms with Crippen molar-refractivity contribution in [3.63, 3.8) is 0 Å². The highest BCUT2D eigenvalue weighted by Gasteiger charge is 2.40. The summed E-state index contributed by atoms with van der Waals surface area (Å²) in [6, 6.07) is 8.51. The summed E-state index contributed by atoms with van der Waals surface area (Å²) in [5, 5.41) is 3.45. The highest BCUT2D eigenvalue weighted by atomic mass is 14.9. The zero-order chi connectivity index (χ0) is 10.0. The van der Waals surface area contributed by atoms with Gasteiger partial charge in [-0.25, -0.2) is 0 Å². The Morgan fingerprint density at radius 3 is 2.43 bits per heavy atom. The molecule has 0 aromatic heterocycles. The largest absolute Gasteiger partial charge is 0.384 e. The number of rotatable bonds is 4. The molecule has 1 fully saturated rings. The third-order valence-electron chi connectivity index (χ3n) is 3.11. The number of aryl methyl sites for hydroxylation is 1. The Bertz CT molecular complexity index is 299. The molecule has 0 amide bonds. The first-order chi connectivity index (χ1) is 6.74. The van der Waals surface area contributed by atoms with Crippen LogP contribution < -0.4 is 11.1 Å². The lowest BCUT2D eigenvalue weighted by Crippen LogP contribution is -2.24. The molecule has 0 heterocycles. The minimum absolute atomic E-state index is 0.408. The molecule has 0 atom stereocenters. The molecule has 0 radical (unpaired) electrons. The minimum Gasteiger partial charge on any atom is -0.384 e. The smallest absolute Gasteiger partial charge is 0.0340 e. The molecule has 0 saturated heterocycles. The lowest BCUT2D eigenvalue weighted by molar-refractivity contribution is 0.556. The second-order valence-corrected chi connectivity index (χ2v) is 4.42. The van der Waals surface area contributed by atoms with Gasteiger partial charge in [-0.1, -0.05) is 17.7 Å². The fourth-order valence-electron chi connectivity index (χ4n) is 1.59. The van der Waals surface area contributed by atoms with Crippen LogP contribution in [-0.2, 0) is 0 Å². The zero-order valence-corrected chi connectivity index (χ0v) is 8.72. The van der Waals surface area contributed by atoms with Crippen molar-refractivity contribution in [2.75, 3.05) is 18.4 Å². The van der Waals surface area contributed by atoms with Crippen LogP contribution in [0.15, 0.2) is 24.3 Å². The predicted molar refractivity (Wildman–Crippen MR) is 60.4 cm³/mol. The molecule has 0 bridgehead atoms. The fourth-order valence-corrected chi connectivity index (χ4v) is 1.59. The second kappa shape index (κ2) is 3.62. The van der Waals surface area contributed by atoms with E-state index < -0.39 is 0 Å². The molecule has 2 heteroatoms. The molecular formula is C12H18N2. The Balaban J connectivity index is 1.89. The Morgan fingerprint density at radius 2 is 1.93 bits per heavy atom. The van der Waals surface area contributed by atoms with Crippen molar-refractivity contribution in [1.82, 2.24) is 0 Å². The van der Waals surface area contributed by atoms with Crippen LogP contribution in [0, 0.1) is 12.3 Å². The standard InChI is InChI=1S/C12H18N2/c1-10-2-4-11(5-3-10)14-9-12(8-13)6-7-12/h2-5,14H,6-9,13H2,1H3. The third kappa shape index (κ3) is 2.07. The monoisotopic (exact) mass is 190 g/mol. The summed E-state index contributed by atoms with van der Waals surface area (Å²) >= 11 is 0. The van der Waals surface area contributed by atoms with Crippen LogP contribution in [-0.4, -0.2) is 13.1 Å². The number of hydrogen-bond acceptors (Lipinski definition) is 2. The molecule has 0 aliphatic heterocycles. The molecule has 3 N–H and O–H groups in total. The third-order valence-corrected chi connectivity index (χ3v) is 3.11. The van der Waals surface area contributed by atoms with Crippen molar-refractivity contribution in [1.29, 1.82) is 0 Å². The van der Waals surface area contributed by atoms with E-state index in [4.69, 9.17) is 5.73 Å². The molecule has 1 aromatic rings. The normalized spacial score (nSPS) is 17.9. The van der Waals surface area contributed by atoms with Gasteiger partial charge in [-0.15, -0.1) is 0 Å². The zero-order valence-electron chi connectivity index (χ0n) is 8.72. The number of nitrogens with one attached hydrogen (secondary N) is 1. The van der Waals surface area contributed by atoms with Crippen molar-refractivity contribution in [2.24, 2.45) is 11.1 Å². The lowest BCUT2D eigenvalue weighted by atomic mass is 10.1. The summed E-state index contributed by atoms with van der Waals surface area (Å²) < 4.78 is 0. The van der Waals surface area contributed by atoms with Crippen molar-refractivity contribution in [3.05, 3.63) is 29.8 Å². The van der Waals surface area contributed by atoms with Crippen LogP contribution in [0.25, 0.3) is 0 Å². The molecule has 1 saturated carbocycles. The highest BCUT2D eigenvalue weighted by Crippen LogP contribution is 2.44. The highest BCUT2D eigenvalue weighted by molar-refractivity contribution is 5.44. The maximum atomic E-state index is 5.72.